The van der Waals surface area contributed by atoms with E-state index < -0.39 is 0 Å². The van der Waals surface area contributed by atoms with Crippen LogP contribution in [0.3, 0.4) is 0 Å². The highest BCUT2D eigenvalue weighted by atomic mass is 15.5. The largest absolute Gasteiger partial charge is 0.309 e. The number of hydrogen-bond acceptors (Lipinski definition) is 4. The summed E-state index contributed by atoms with van der Waals surface area (Å²) in [5.41, 5.74) is 3.05. The fourth-order valence-corrected chi connectivity index (χ4v) is 0.831. The summed E-state index contributed by atoms with van der Waals surface area (Å²) in [5, 5.41) is 8.66. The maximum absolute atomic E-state index is 6.72. The van der Waals surface area contributed by atoms with E-state index in [1.165, 1.54) is 6.21 Å². The minimum Gasteiger partial charge on any atom is -0.309 e. The molecule has 0 saturated heterocycles. The van der Waals surface area contributed by atoms with E-state index in [1.54, 1.807) is 6.20 Å². The van der Waals surface area contributed by atoms with Gasteiger partial charge < -0.3 is 10.4 Å². The number of nitrogens with one attached hydrogen (secondary N) is 2. The van der Waals surface area contributed by atoms with Crippen LogP contribution in [0.2, 0.25) is 0 Å². The molecule has 0 bridgehead atoms. The summed E-state index contributed by atoms with van der Waals surface area (Å²) < 4.78 is 0. The molecule has 0 aliphatic rings. The lowest BCUT2D eigenvalue weighted by molar-refractivity contribution is 0.151. The molecule has 0 amide bonds. The van der Waals surface area contributed by atoms with E-state index in [1.807, 2.05) is 18.3 Å². The number of hydrazine groups is 1. The Kier molecular flexibility index (Phi) is 4.99. The van der Waals surface area contributed by atoms with Crippen molar-refractivity contribution in [2.75, 3.05) is 7.05 Å². The molecule has 0 aliphatic heterocycles. The Morgan fingerprint density at radius 3 is 2.38 bits per heavy atom. The fourth-order valence-electron chi connectivity index (χ4n) is 0.831. The smallest absolute Gasteiger partial charge is 0.0473 e. The summed E-state index contributed by atoms with van der Waals surface area (Å²) in [5.74, 6) is 0. The zero-order valence-corrected chi connectivity index (χ0v) is 8.70. The molecular formula is C9H18N4. The van der Waals surface area contributed by atoms with Crippen LogP contribution in [-0.2, 0) is 0 Å². The molecule has 0 aromatic carbocycles. The first kappa shape index (κ1) is 11.8. The molecule has 0 heterocycles. The van der Waals surface area contributed by atoms with Crippen molar-refractivity contribution >= 4 is 12.4 Å². The fraction of sp³-hybridized carbons (Fsp3) is 0.556. The highest BCUT2D eigenvalue weighted by Crippen LogP contribution is 2.09. The Balaban J connectivity index is 4.20. The summed E-state index contributed by atoms with van der Waals surface area (Å²) >= 11 is 0. The molecule has 0 unspecified atom stereocenters. The van der Waals surface area contributed by atoms with Gasteiger partial charge in [0.2, 0.25) is 0 Å². The van der Waals surface area contributed by atoms with E-state index in [-0.39, 0.29) is 5.54 Å². The molecule has 74 valence electrons. The van der Waals surface area contributed by atoms with Gasteiger partial charge in [-0.2, -0.15) is 0 Å². The average molecular weight is 182 g/mol. The second-order valence-corrected chi connectivity index (χ2v) is 3.53. The molecule has 0 aliphatic carbocycles. The third-order valence-electron chi connectivity index (χ3n) is 1.43. The number of rotatable bonds is 4. The molecule has 0 saturated carbocycles. The number of aliphatic imine (C=N–C) groups is 1. The van der Waals surface area contributed by atoms with E-state index >= 15 is 0 Å². The van der Waals surface area contributed by atoms with E-state index in [4.69, 9.17) is 5.41 Å². The molecule has 0 radical (unpaired) electrons. The standard InChI is InChI=1S/C9H18N4/c1-9(2,3)13(11-4)8-7-12-6-5-10/h5-8,10-11H,1-4H3/b8-7+,10-5?,12-6-. The molecule has 0 fully saturated rings. The summed E-state index contributed by atoms with van der Waals surface area (Å²) in [4.78, 5) is 3.86. The minimum absolute atomic E-state index is 0.0193. The highest BCUT2D eigenvalue weighted by molar-refractivity contribution is 6.14. The Hall–Kier alpha value is -1.16. The molecular weight excluding hydrogens is 164 g/mol. The molecule has 13 heavy (non-hydrogen) atoms. The predicted molar refractivity (Wildman–Crippen MR) is 57.1 cm³/mol. The Labute approximate surface area is 79.8 Å². The van der Waals surface area contributed by atoms with Crippen molar-refractivity contribution in [2.45, 2.75) is 26.3 Å². The summed E-state index contributed by atoms with van der Waals surface area (Å²) in [7, 11) is 1.86. The third-order valence-corrected chi connectivity index (χ3v) is 1.43. The number of nitrogens with zero attached hydrogens (tertiary/aromatic N) is 2. The van der Waals surface area contributed by atoms with E-state index in [0.29, 0.717) is 0 Å². The minimum atomic E-state index is 0.0193. The van der Waals surface area contributed by atoms with Gasteiger partial charge in [-0.3, -0.25) is 4.99 Å². The van der Waals surface area contributed by atoms with Gasteiger partial charge in [0.05, 0.1) is 0 Å². The summed E-state index contributed by atoms with van der Waals surface area (Å²) in [6, 6.07) is 0. The van der Waals surface area contributed by atoms with Crippen molar-refractivity contribution in [3.05, 3.63) is 12.4 Å². The monoisotopic (exact) mass is 182 g/mol. The van der Waals surface area contributed by atoms with Crippen LogP contribution in [0.4, 0.5) is 0 Å². The van der Waals surface area contributed by atoms with Crippen LogP contribution in [0.25, 0.3) is 0 Å². The predicted octanol–water partition coefficient (Wildman–Crippen LogP) is 1.41. The van der Waals surface area contributed by atoms with Gasteiger partial charge in [-0.1, -0.05) is 0 Å². The van der Waals surface area contributed by atoms with Crippen molar-refractivity contribution in [2.24, 2.45) is 4.99 Å². The lowest BCUT2D eigenvalue weighted by Gasteiger charge is -2.33. The Morgan fingerprint density at radius 2 is 2.00 bits per heavy atom. The molecule has 0 aromatic heterocycles. The molecule has 0 atom stereocenters. The second-order valence-electron chi connectivity index (χ2n) is 3.53. The lowest BCUT2D eigenvalue weighted by atomic mass is 10.1. The molecule has 4 nitrogen and oxygen atoms in total. The third kappa shape index (κ3) is 5.14. The molecule has 0 aromatic rings. The highest BCUT2D eigenvalue weighted by Gasteiger charge is 2.15. The van der Waals surface area contributed by atoms with Gasteiger partial charge in [0.25, 0.3) is 0 Å². The van der Waals surface area contributed by atoms with Gasteiger partial charge in [-0.15, -0.1) is 0 Å². The van der Waals surface area contributed by atoms with E-state index in [0.717, 1.165) is 6.21 Å². The van der Waals surface area contributed by atoms with Gasteiger partial charge in [0.15, 0.2) is 0 Å². The first-order chi connectivity index (χ1) is 6.02. The average Bonchev–Trinajstić information content (AvgIpc) is 2.02. The topological polar surface area (TPSA) is 51.5 Å². The summed E-state index contributed by atoms with van der Waals surface area (Å²) in [6.45, 7) is 6.27. The Morgan fingerprint density at radius 1 is 1.38 bits per heavy atom. The lowest BCUT2D eigenvalue weighted by Crippen LogP contribution is -2.44. The van der Waals surface area contributed by atoms with Crippen molar-refractivity contribution < 1.29 is 0 Å². The van der Waals surface area contributed by atoms with Crippen LogP contribution < -0.4 is 5.43 Å². The molecule has 0 rings (SSSR count). The van der Waals surface area contributed by atoms with Crippen molar-refractivity contribution in [1.29, 1.82) is 5.41 Å². The maximum atomic E-state index is 6.72. The van der Waals surface area contributed by atoms with E-state index in [9.17, 15) is 0 Å². The van der Waals surface area contributed by atoms with Crippen LogP contribution >= 0.6 is 0 Å². The van der Waals surface area contributed by atoms with Crippen LogP contribution in [0.15, 0.2) is 17.4 Å². The van der Waals surface area contributed by atoms with Gasteiger partial charge in [-0.25, -0.2) is 5.43 Å². The van der Waals surface area contributed by atoms with Crippen LogP contribution in [0.1, 0.15) is 20.8 Å². The van der Waals surface area contributed by atoms with Crippen molar-refractivity contribution in [3.8, 4) is 0 Å². The SMILES string of the molecule is CNN(/C=C/N=C\C=N)C(C)(C)C. The normalized spacial score (nSPS) is 12.6. The first-order valence-electron chi connectivity index (χ1n) is 4.18. The zero-order chi connectivity index (χ0) is 10.3. The Bertz CT molecular complexity index is 200. The molecule has 2 N–H and O–H groups in total. The second kappa shape index (κ2) is 5.48. The van der Waals surface area contributed by atoms with Crippen LogP contribution in [0, 0.1) is 5.41 Å². The van der Waals surface area contributed by atoms with E-state index in [2.05, 4.69) is 31.2 Å². The number of hydrogen-bond donors (Lipinski definition) is 2. The van der Waals surface area contributed by atoms with Crippen molar-refractivity contribution in [1.82, 2.24) is 10.4 Å². The van der Waals surface area contributed by atoms with Gasteiger partial charge in [0.1, 0.15) is 0 Å². The van der Waals surface area contributed by atoms with Crippen LogP contribution in [0.5, 0.6) is 0 Å². The zero-order valence-electron chi connectivity index (χ0n) is 8.70. The van der Waals surface area contributed by atoms with Gasteiger partial charge in [0, 0.05) is 37.4 Å². The molecule has 4 heteroatoms. The maximum Gasteiger partial charge on any atom is 0.0473 e. The van der Waals surface area contributed by atoms with Crippen molar-refractivity contribution in [3.63, 3.8) is 0 Å². The summed E-state index contributed by atoms with van der Waals surface area (Å²) in [6.07, 6.45) is 6.05. The first-order valence-corrected chi connectivity index (χ1v) is 4.18. The quantitative estimate of drug-likeness (QED) is 0.510. The van der Waals surface area contributed by atoms with Gasteiger partial charge in [-0.05, 0) is 20.8 Å². The van der Waals surface area contributed by atoms with Gasteiger partial charge >= 0.3 is 0 Å². The van der Waals surface area contributed by atoms with Crippen LogP contribution in [-0.4, -0.2) is 30.0 Å². The molecule has 0 spiro atoms.